The highest BCUT2D eigenvalue weighted by molar-refractivity contribution is 6.08. The Morgan fingerprint density at radius 3 is 2.18 bits per heavy atom. The lowest BCUT2D eigenvalue weighted by atomic mass is 10.0. The molecule has 0 saturated carbocycles. The van der Waals surface area contributed by atoms with Crippen LogP contribution in [0.2, 0.25) is 0 Å². The molecule has 0 aliphatic carbocycles. The van der Waals surface area contributed by atoms with Crippen LogP contribution in [0.5, 0.6) is 0 Å². The molecule has 1 amide bonds. The van der Waals surface area contributed by atoms with E-state index in [4.69, 9.17) is 5.73 Å². The third-order valence-corrected chi connectivity index (χ3v) is 5.72. The van der Waals surface area contributed by atoms with Gasteiger partial charge in [-0.1, -0.05) is 78.4 Å². The van der Waals surface area contributed by atoms with Crippen LogP contribution in [0, 0.1) is 13.8 Å². The Hall–Kier alpha value is -4.39. The molecule has 0 unspecified atom stereocenters. The maximum Gasteiger partial charge on any atom is 0.330 e. The van der Waals surface area contributed by atoms with E-state index >= 15 is 0 Å². The zero-order valence-electron chi connectivity index (χ0n) is 19.1. The van der Waals surface area contributed by atoms with Gasteiger partial charge < -0.3 is 5.73 Å². The van der Waals surface area contributed by atoms with Gasteiger partial charge in [0.1, 0.15) is 5.82 Å². The van der Waals surface area contributed by atoms with E-state index in [0.29, 0.717) is 5.56 Å². The summed E-state index contributed by atoms with van der Waals surface area (Å²) in [6.07, 6.45) is 0. The fraction of sp³-hybridized carbons (Fsp3) is 0.148. The minimum Gasteiger partial charge on any atom is -0.383 e. The first-order chi connectivity index (χ1) is 16.3. The molecule has 1 heterocycles. The summed E-state index contributed by atoms with van der Waals surface area (Å²) in [5, 5.41) is 0. The lowest BCUT2D eigenvalue weighted by Gasteiger charge is -2.25. The average molecular weight is 455 g/mol. The minimum atomic E-state index is -0.707. The SMILES string of the molecule is Cc1ccc(C)c(C(=O)N(Cc2ccccc2)c2c(N)n(Cc3ccccc3)c(=O)[nH]c2=O)c1. The monoisotopic (exact) mass is 454 g/mol. The van der Waals surface area contributed by atoms with Gasteiger partial charge in [0.2, 0.25) is 0 Å². The summed E-state index contributed by atoms with van der Waals surface area (Å²) < 4.78 is 1.28. The quantitative estimate of drug-likeness (QED) is 0.465. The number of hydrogen-bond donors (Lipinski definition) is 2. The average Bonchev–Trinajstić information content (AvgIpc) is 2.83. The molecule has 1 aromatic heterocycles. The molecule has 4 rings (SSSR count). The van der Waals surface area contributed by atoms with Crippen molar-refractivity contribution >= 4 is 17.4 Å². The van der Waals surface area contributed by atoms with Crippen molar-refractivity contribution < 1.29 is 4.79 Å². The van der Waals surface area contributed by atoms with Gasteiger partial charge in [-0.05, 0) is 36.6 Å². The van der Waals surface area contributed by atoms with Crippen LogP contribution in [-0.4, -0.2) is 15.5 Å². The summed E-state index contributed by atoms with van der Waals surface area (Å²) in [6, 6.07) is 24.2. The molecule has 34 heavy (non-hydrogen) atoms. The number of nitrogens with one attached hydrogen (secondary N) is 1. The van der Waals surface area contributed by atoms with Crippen LogP contribution in [0.4, 0.5) is 11.5 Å². The summed E-state index contributed by atoms with van der Waals surface area (Å²) in [4.78, 5) is 43.2. The number of nitrogen functional groups attached to an aromatic ring is 1. The standard InChI is InChI=1S/C27H26N4O3/c1-18-13-14-19(2)22(15-18)26(33)30(16-20-9-5-3-6-10-20)23-24(28)31(27(34)29-25(23)32)17-21-11-7-4-8-12-21/h3-15H,16-17,28H2,1-2H3,(H,29,32,34). The molecular formula is C27H26N4O3. The van der Waals surface area contributed by atoms with Crippen LogP contribution >= 0.6 is 0 Å². The van der Waals surface area contributed by atoms with Gasteiger partial charge in [-0.15, -0.1) is 0 Å². The summed E-state index contributed by atoms with van der Waals surface area (Å²) in [5.74, 6) is -0.431. The van der Waals surface area contributed by atoms with Crippen LogP contribution in [0.1, 0.15) is 32.6 Å². The van der Waals surface area contributed by atoms with Crippen LogP contribution < -0.4 is 21.9 Å². The van der Waals surface area contributed by atoms with Crippen LogP contribution in [0.15, 0.2) is 88.5 Å². The molecule has 0 radical (unpaired) electrons. The van der Waals surface area contributed by atoms with Crippen molar-refractivity contribution in [1.29, 1.82) is 0 Å². The number of carbonyl (C=O) groups is 1. The maximum absolute atomic E-state index is 13.8. The number of aryl methyl sites for hydroxylation is 2. The van der Waals surface area contributed by atoms with Crippen molar-refractivity contribution in [2.75, 3.05) is 10.6 Å². The summed E-state index contributed by atoms with van der Waals surface area (Å²) in [7, 11) is 0. The predicted molar refractivity (Wildman–Crippen MR) is 134 cm³/mol. The highest BCUT2D eigenvalue weighted by Gasteiger charge is 2.26. The highest BCUT2D eigenvalue weighted by Crippen LogP contribution is 2.24. The number of aromatic nitrogens is 2. The number of aromatic amines is 1. The van der Waals surface area contributed by atoms with E-state index in [2.05, 4.69) is 4.98 Å². The molecule has 3 aromatic carbocycles. The third kappa shape index (κ3) is 4.68. The maximum atomic E-state index is 13.8. The molecule has 0 saturated heterocycles. The van der Waals surface area contributed by atoms with Crippen molar-refractivity contribution in [1.82, 2.24) is 9.55 Å². The molecule has 3 N–H and O–H groups in total. The van der Waals surface area contributed by atoms with Gasteiger partial charge in [0.25, 0.3) is 11.5 Å². The zero-order valence-corrected chi connectivity index (χ0v) is 19.1. The second-order valence-electron chi connectivity index (χ2n) is 8.26. The van der Waals surface area contributed by atoms with Gasteiger partial charge in [0.05, 0.1) is 13.1 Å². The van der Waals surface area contributed by atoms with Gasteiger partial charge in [-0.25, -0.2) is 4.79 Å². The smallest absolute Gasteiger partial charge is 0.330 e. The number of benzene rings is 3. The van der Waals surface area contributed by atoms with Gasteiger partial charge in [0.15, 0.2) is 5.69 Å². The number of amides is 1. The molecule has 7 nitrogen and oxygen atoms in total. The Morgan fingerprint density at radius 2 is 1.53 bits per heavy atom. The first-order valence-electron chi connectivity index (χ1n) is 10.9. The van der Waals surface area contributed by atoms with Crippen molar-refractivity contribution in [3.63, 3.8) is 0 Å². The van der Waals surface area contributed by atoms with Crippen molar-refractivity contribution in [3.05, 3.63) is 128 Å². The highest BCUT2D eigenvalue weighted by atomic mass is 16.2. The van der Waals surface area contributed by atoms with Crippen LogP contribution in [0.3, 0.4) is 0 Å². The molecule has 0 bridgehead atoms. The first-order valence-corrected chi connectivity index (χ1v) is 10.9. The number of H-pyrrole nitrogens is 1. The van der Waals surface area contributed by atoms with E-state index in [-0.39, 0.29) is 30.5 Å². The Bertz CT molecular complexity index is 1440. The zero-order chi connectivity index (χ0) is 24.2. The molecular weight excluding hydrogens is 428 g/mol. The van der Waals surface area contributed by atoms with E-state index in [9.17, 15) is 14.4 Å². The summed E-state index contributed by atoms with van der Waals surface area (Å²) >= 11 is 0. The predicted octanol–water partition coefficient (Wildman–Crippen LogP) is 3.63. The summed E-state index contributed by atoms with van der Waals surface area (Å²) in [5.41, 5.74) is 8.86. The lowest BCUT2D eigenvalue weighted by molar-refractivity contribution is 0.0984. The number of carbonyl (C=O) groups excluding carboxylic acids is 1. The Labute approximate surface area is 197 Å². The number of nitrogens with two attached hydrogens (primary N) is 1. The first kappa shape index (κ1) is 22.8. The molecule has 0 aliphatic heterocycles. The lowest BCUT2D eigenvalue weighted by Crippen LogP contribution is -2.41. The number of rotatable bonds is 6. The van der Waals surface area contributed by atoms with Gasteiger partial charge >= 0.3 is 5.69 Å². The molecule has 7 heteroatoms. The molecule has 0 aliphatic rings. The molecule has 172 valence electrons. The van der Waals surface area contributed by atoms with Crippen molar-refractivity contribution in [2.45, 2.75) is 26.9 Å². The fourth-order valence-corrected chi connectivity index (χ4v) is 3.89. The van der Waals surface area contributed by atoms with Gasteiger partial charge in [-0.2, -0.15) is 0 Å². The molecule has 0 spiro atoms. The minimum absolute atomic E-state index is 0.0507. The van der Waals surface area contributed by atoms with E-state index in [1.165, 1.54) is 9.47 Å². The largest absolute Gasteiger partial charge is 0.383 e. The van der Waals surface area contributed by atoms with E-state index in [0.717, 1.165) is 22.3 Å². The van der Waals surface area contributed by atoms with Gasteiger partial charge in [0, 0.05) is 5.56 Å². The van der Waals surface area contributed by atoms with Crippen LogP contribution in [0.25, 0.3) is 0 Å². The third-order valence-electron chi connectivity index (χ3n) is 5.72. The van der Waals surface area contributed by atoms with E-state index in [1.807, 2.05) is 86.6 Å². The second-order valence-corrected chi connectivity index (χ2v) is 8.26. The van der Waals surface area contributed by atoms with E-state index < -0.39 is 11.2 Å². The Morgan fingerprint density at radius 1 is 0.912 bits per heavy atom. The Kier molecular flexibility index (Phi) is 6.45. The van der Waals surface area contributed by atoms with Crippen molar-refractivity contribution in [2.24, 2.45) is 0 Å². The number of hydrogen-bond acceptors (Lipinski definition) is 4. The normalized spacial score (nSPS) is 10.8. The molecule has 0 fully saturated rings. The van der Waals surface area contributed by atoms with Gasteiger partial charge in [-0.3, -0.25) is 24.0 Å². The summed E-state index contributed by atoms with van der Waals surface area (Å²) in [6.45, 7) is 4.02. The van der Waals surface area contributed by atoms with E-state index in [1.54, 1.807) is 6.07 Å². The Balaban J connectivity index is 1.88. The topological polar surface area (TPSA) is 101 Å². The second kappa shape index (κ2) is 9.62. The number of anilines is 2. The molecule has 0 atom stereocenters. The van der Waals surface area contributed by atoms with Crippen molar-refractivity contribution in [3.8, 4) is 0 Å². The molecule has 4 aromatic rings. The fourth-order valence-electron chi connectivity index (χ4n) is 3.89. The number of nitrogens with zero attached hydrogens (tertiary/aromatic N) is 2. The van der Waals surface area contributed by atoms with Crippen LogP contribution in [-0.2, 0) is 13.1 Å².